The summed E-state index contributed by atoms with van der Waals surface area (Å²) in [5.74, 6) is 0. The van der Waals surface area contributed by atoms with Gasteiger partial charge in [-0.15, -0.1) is 0 Å². The van der Waals surface area contributed by atoms with Crippen LogP contribution < -0.4 is 0 Å². The molecular weight excluding hydrogens is 208 g/mol. The fourth-order valence-electron chi connectivity index (χ4n) is 2.29. The fourth-order valence-corrected chi connectivity index (χ4v) is 2.29. The van der Waals surface area contributed by atoms with E-state index in [-0.39, 0.29) is 6.10 Å². The zero-order valence-electron chi connectivity index (χ0n) is 12.2. The van der Waals surface area contributed by atoms with Gasteiger partial charge >= 0.3 is 0 Å². The monoisotopic (exact) mass is 242 g/mol. The quantitative estimate of drug-likeness (QED) is 0.588. The molecule has 1 saturated carbocycles. The van der Waals surface area contributed by atoms with E-state index in [1.54, 1.807) is 0 Å². The van der Waals surface area contributed by atoms with Gasteiger partial charge in [0.1, 0.15) is 0 Å². The Kier molecular flexibility index (Phi) is 14.0. The number of rotatable bonds is 7. The molecule has 0 unspecified atom stereocenters. The molecule has 0 atom stereocenters. The van der Waals surface area contributed by atoms with Gasteiger partial charge in [-0.25, -0.2) is 0 Å². The average Bonchev–Trinajstić information content (AvgIpc) is 2.35. The molecule has 1 fully saturated rings. The van der Waals surface area contributed by atoms with Crippen LogP contribution in [-0.2, 0) is 0 Å². The lowest BCUT2D eigenvalue weighted by molar-refractivity contribution is 0.130. The number of aliphatic hydroxyl groups excluding tert-OH is 1. The normalized spacial score (nSPS) is 16.4. The van der Waals surface area contributed by atoms with Gasteiger partial charge in [0.15, 0.2) is 0 Å². The Morgan fingerprint density at radius 3 is 1.41 bits per heavy atom. The van der Waals surface area contributed by atoms with Crippen molar-refractivity contribution in [1.29, 1.82) is 0 Å². The lowest BCUT2D eigenvalue weighted by atomic mass is 9.98. The molecule has 0 heterocycles. The molecule has 104 valence electrons. The molecule has 0 aromatic carbocycles. The van der Waals surface area contributed by atoms with Gasteiger partial charge in [0.25, 0.3) is 0 Å². The Balaban J connectivity index is 0.000000318. The third-order valence-corrected chi connectivity index (χ3v) is 3.53. The van der Waals surface area contributed by atoms with Crippen molar-refractivity contribution in [3.05, 3.63) is 0 Å². The van der Waals surface area contributed by atoms with Crippen molar-refractivity contribution in [2.45, 2.75) is 103 Å². The van der Waals surface area contributed by atoms with E-state index >= 15 is 0 Å². The van der Waals surface area contributed by atoms with Crippen LogP contribution in [0.2, 0.25) is 0 Å². The minimum absolute atomic E-state index is 0.0359. The summed E-state index contributed by atoms with van der Waals surface area (Å²) in [6.45, 7) is 4.54. The van der Waals surface area contributed by atoms with Gasteiger partial charge < -0.3 is 5.11 Å². The van der Waals surface area contributed by atoms with Crippen LogP contribution in [0.25, 0.3) is 0 Å². The van der Waals surface area contributed by atoms with Gasteiger partial charge in [-0.2, -0.15) is 0 Å². The van der Waals surface area contributed by atoms with Crippen molar-refractivity contribution >= 4 is 0 Å². The lowest BCUT2D eigenvalue weighted by Gasteiger charge is -2.14. The predicted molar refractivity (Wildman–Crippen MR) is 77.4 cm³/mol. The van der Waals surface area contributed by atoms with Crippen molar-refractivity contribution in [2.75, 3.05) is 0 Å². The van der Waals surface area contributed by atoms with Crippen LogP contribution in [-0.4, -0.2) is 11.2 Å². The van der Waals surface area contributed by atoms with Crippen molar-refractivity contribution in [1.82, 2.24) is 0 Å². The highest BCUT2D eigenvalue weighted by Crippen LogP contribution is 2.16. The Bertz CT molecular complexity index is 119. The van der Waals surface area contributed by atoms with E-state index in [0.29, 0.717) is 0 Å². The number of hydrogen-bond donors (Lipinski definition) is 1. The molecule has 0 aromatic heterocycles. The second-order valence-electron chi connectivity index (χ2n) is 5.41. The maximum absolute atomic E-state index is 8.91. The molecule has 1 aliphatic carbocycles. The van der Waals surface area contributed by atoms with Crippen LogP contribution in [0.4, 0.5) is 0 Å². The molecule has 1 aliphatic rings. The van der Waals surface area contributed by atoms with E-state index in [1.165, 1.54) is 70.6 Å². The zero-order valence-corrected chi connectivity index (χ0v) is 12.2. The van der Waals surface area contributed by atoms with Crippen molar-refractivity contribution < 1.29 is 5.11 Å². The Morgan fingerprint density at radius 1 is 0.706 bits per heavy atom. The molecule has 1 rings (SSSR count). The summed E-state index contributed by atoms with van der Waals surface area (Å²) in [6, 6.07) is 0. The molecular formula is C16H34O. The highest BCUT2D eigenvalue weighted by Gasteiger charge is 2.07. The van der Waals surface area contributed by atoms with Crippen molar-refractivity contribution in [3.63, 3.8) is 0 Å². The Morgan fingerprint density at radius 2 is 1.12 bits per heavy atom. The second kappa shape index (κ2) is 14.0. The van der Waals surface area contributed by atoms with Crippen molar-refractivity contribution in [3.8, 4) is 0 Å². The molecule has 1 nitrogen and oxygen atoms in total. The van der Waals surface area contributed by atoms with E-state index in [2.05, 4.69) is 13.8 Å². The lowest BCUT2D eigenvalue weighted by Crippen LogP contribution is -2.09. The maximum Gasteiger partial charge on any atom is 0.0540 e. The molecule has 1 N–H and O–H groups in total. The van der Waals surface area contributed by atoms with Gasteiger partial charge in [-0.1, -0.05) is 84.5 Å². The van der Waals surface area contributed by atoms with Crippen LogP contribution >= 0.6 is 0 Å². The predicted octanol–water partition coefficient (Wildman–Crippen LogP) is 5.46. The summed E-state index contributed by atoms with van der Waals surface area (Å²) in [5.41, 5.74) is 0. The van der Waals surface area contributed by atoms with Crippen LogP contribution in [0, 0.1) is 0 Å². The van der Waals surface area contributed by atoms with Crippen LogP contribution in [0.5, 0.6) is 0 Å². The zero-order chi connectivity index (χ0) is 12.8. The summed E-state index contributed by atoms with van der Waals surface area (Å²) in [6.07, 6.45) is 17.4. The third kappa shape index (κ3) is 13.9. The topological polar surface area (TPSA) is 20.2 Å². The molecule has 0 amide bonds. The van der Waals surface area contributed by atoms with E-state index in [1.807, 2.05) is 0 Å². The molecule has 0 aromatic rings. The van der Waals surface area contributed by atoms with Gasteiger partial charge in [0, 0.05) is 0 Å². The standard InChI is InChI=1S/C10H22.C6H12O/c1-3-5-7-9-10-8-6-4-2;7-6-4-2-1-3-5-6/h3-10H2,1-2H3;6-7H,1-5H2. The largest absolute Gasteiger partial charge is 0.393 e. The Hall–Kier alpha value is -0.0400. The molecule has 1 heteroatoms. The van der Waals surface area contributed by atoms with Crippen LogP contribution in [0.1, 0.15) is 97.3 Å². The van der Waals surface area contributed by atoms with E-state index < -0.39 is 0 Å². The summed E-state index contributed by atoms with van der Waals surface area (Å²) in [4.78, 5) is 0. The molecule has 0 saturated heterocycles. The number of hydrogen-bond acceptors (Lipinski definition) is 1. The van der Waals surface area contributed by atoms with Gasteiger partial charge in [-0.05, 0) is 12.8 Å². The summed E-state index contributed by atoms with van der Waals surface area (Å²) >= 11 is 0. The molecule has 0 bridgehead atoms. The first kappa shape index (κ1) is 17.0. The van der Waals surface area contributed by atoms with Crippen molar-refractivity contribution in [2.24, 2.45) is 0 Å². The molecule has 0 aliphatic heterocycles. The Labute approximate surface area is 109 Å². The van der Waals surface area contributed by atoms with E-state index in [9.17, 15) is 0 Å². The minimum atomic E-state index is 0.0359. The molecule has 17 heavy (non-hydrogen) atoms. The van der Waals surface area contributed by atoms with Crippen LogP contribution in [0.15, 0.2) is 0 Å². The fraction of sp³-hybridized carbons (Fsp3) is 1.00. The highest BCUT2D eigenvalue weighted by atomic mass is 16.3. The number of aliphatic hydroxyl groups is 1. The summed E-state index contributed by atoms with van der Waals surface area (Å²) in [7, 11) is 0. The third-order valence-electron chi connectivity index (χ3n) is 3.53. The highest BCUT2D eigenvalue weighted by molar-refractivity contribution is 4.61. The van der Waals surface area contributed by atoms with Gasteiger partial charge in [0.05, 0.1) is 6.10 Å². The minimum Gasteiger partial charge on any atom is -0.393 e. The van der Waals surface area contributed by atoms with Gasteiger partial charge in [-0.3, -0.25) is 0 Å². The van der Waals surface area contributed by atoms with Crippen LogP contribution in [0.3, 0.4) is 0 Å². The molecule has 0 radical (unpaired) electrons. The average molecular weight is 242 g/mol. The SMILES string of the molecule is CCCCCCCCCC.OC1CCCCC1. The maximum atomic E-state index is 8.91. The summed E-state index contributed by atoms with van der Waals surface area (Å²) < 4.78 is 0. The first-order valence-electron chi connectivity index (χ1n) is 7.99. The smallest absolute Gasteiger partial charge is 0.0540 e. The second-order valence-corrected chi connectivity index (χ2v) is 5.41. The van der Waals surface area contributed by atoms with E-state index in [4.69, 9.17) is 5.11 Å². The van der Waals surface area contributed by atoms with Gasteiger partial charge in [0.2, 0.25) is 0 Å². The number of unbranched alkanes of at least 4 members (excludes halogenated alkanes) is 7. The first-order valence-corrected chi connectivity index (χ1v) is 7.99. The summed E-state index contributed by atoms with van der Waals surface area (Å²) in [5, 5.41) is 8.91. The van der Waals surface area contributed by atoms with E-state index in [0.717, 1.165) is 12.8 Å². The molecule has 0 spiro atoms. The first-order chi connectivity index (χ1) is 8.31.